The highest BCUT2D eigenvalue weighted by atomic mass is 32.2. The molecule has 0 atom stereocenters. The first kappa shape index (κ1) is 17.3. The number of hydrogen-bond acceptors (Lipinski definition) is 3. The minimum Gasteiger partial charge on any atom is -0.338 e. The lowest BCUT2D eigenvalue weighted by Gasteiger charge is -2.10. The van der Waals surface area contributed by atoms with Gasteiger partial charge in [0.1, 0.15) is 0 Å². The third-order valence-corrected chi connectivity index (χ3v) is 3.30. The van der Waals surface area contributed by atoms with Crippen molar-refractivity contribution in [3.8, 4) is 0 Å². The number of sulfonamides is 1. The molecule has 0 aliphatic rings. The third kappa shape index (κ3) is 8.19. The topological polar surface area (TPSA) is 87.3 Å². The molecule has 7 heteroatoms. The van der Waals surface area contributed by atoms with Gasteiger partial charge in [-0.25, -0.2) is 13.2 Å². The molecule has 0 heterocycles. The number of anilines is 1. The van der Waals surface area contributed by atoms with Crippen LogP contribution < -0.4 is 15.4 Å². The molecule has 2 amide bonds. The Balaban J connectivity index is 2.45. The molecule has 3 N–H and O–H groups in total. The van der Waals surface area contributed by atoms with Gasteiger partial charge in [-0.1, -0.05) is 26.0 Å². The number of carbonyl (C=O) groups excluding carboxylic acids is 1. The van der Waals surface area contributed by atoms with Crippen molar-refractivity contribution in [1.29, 1.82) is 0 Å². The van der Waals surface area contributed by atoms with Crippen molar-refractivity contribution < 1.29 is 13.2 Å². The molecule has 0 bridgehead atoms. The largest absolute Gasteiger partial charge is 0.338 e. The Labute approximate surface area is 126 Å². The van der Waals surface area contributed by atoms with Crippen LogP contribution in [0.15, 0.2) is 24.3 Å². The van der Waals surface area contributed by atoms with E-state index in [1.165, 1.54) is 0 Å². The van der Waals surface area contributed by atoms with E-state index in [-0.39, 0.29) is 6.03 Å². The predicted molar refractivity (Wildman–Crippen MR) is 84.6 cm³/mol. The number of urea groups is 1. The minimum absolute atomic E-state index is 0.225. The molecule has 0 saturated heterocycles. The maximum atomic E-state index is 11.6. The SMILES string of the molecule is CC(C)CCNC(=O)NCc1cccc(NS(C)(=O)=O)c1. The number of rotatable bonds is 7. The molecule has 0 radical (unpaired) electrons. The van der Waals surface area contributed by atoms with Crippen LogP contribution in [0.2, 0.25) is 0 Å². The quantitative estimate of drug-likeness (QED) is 0.718. The van der Waals surface area contributed by atoms with Gasteiger partial charge in [-0.2, -0.15) is 0 Å². The highest BCUT2D eigenvalue weighted by Crippen LogP contribution is 2.11. The Morgan fingerprint density at radius 2 is 1.95 bits per heavy atom. The zero-order valence-electron chi connectivity index (χ0n) is 12.6. The Morgan fingerprint density at radius 1 is 1.24 bits per heavy atom. The van der Waals surface area contributed by atoms with Crippen LogP contribution in [0.4, 0.5) is 10.5 Å². The van der Waals surface area contributed by atoms with Crippen LogP contribution in [0.25, 0.3) is 0 Å². The molecular formula is C14H23N3O3S. The molecular weight excluding hydrogens is 290 g/mol. The van der Waals surface area contributed by atoms with Gasteiger partial charge in [0.05, 0.1) is 6.26 Å². The van der Waals surface area contributed by atoms with Gasteiger partial charge in [0.2, 0.25) is 10.0 Å². The second-order valence-corrected chi connectivity index (χ2v) is 7.12. The van der Waals surface area contributed by atoms with Crippen molar-refractivity contribution in [2.75, 3.05) is 17.5 Å². The summed E-state index contributed by atoms with van der Waals surface area (Å²) < 4.78 is 24.7. The zero-order chi connectivity index (χ0) is 15.9. The molecule has 0 aliphatic heterocycles. The Bertz CT molecular complexity index is 571. The van der Waals surface area contributed by atoms with Crippen molar-refractivity contribution in [1.82, 2.24) is 10.6 Å². The van der Waals surface area contributed by atoms with Crippen LogP contribution in [0.5, 0.6) is 0 Å². The Morgan fingerprint density at radius 3 is 2.57 bits per heavy atom. The molecule has 0 unspecified atom stereocenters. The fraction of sp³-hybridized carbons (Fsp3) is 0.500. The van der Waals surface area contributed by atoms with Crippen LogP contribution in [0, 0.1) is 5.92 Å². The van der Waals surface area contributed by atoms with Gasteiger partial charge in [0, 0.05) is 18.8 Å². The fourth-order valence-corrected chi connectivity index (χ4v) is 2.23. The summed E-state index contributed by atoms with van der Waals surface area (Å²) in [6.07, 6.45) is 2.03. The second kappa shape index (κ2) is 7.87. The van der Waals surface area contributed by atoms with E-state index in [9.17, 15) is 13.2 Å². The van der Waals surface area contributed by atoms with E-state index in [4.69, 9.17) is 0 Å². The third-order valence-electron chi connectivity index (χ3n) is 2.69. The Hall–Kier alpha value is -1.76. The molecule has 6 nitrogen and oxygen atoms in total. The number of carbonyl (C=O) groups is 1. The van der Waals surface area contributed by atoms with E-state index in [1.54, 1.807) is 18.2 Å². The summed E-state index contributed by atoms with van der Waals surface area (Å²) in [5.74, 6) is 0.545. The standard InChI is InChI=1S/C14H23N3O3S/c1-11(2)7-8-15-14(18)16-10-12-5-4-6-13(9-12)17-21(3,19)20/h4-6,9,11,17H,7-8,10H2,1-3H3,(H2,15,16,18). The molecule has 0 aliphatic carbocycles. The lowest BCUT2D eigenvalue weighted by atomic mass is 10.1. The Kier molecular flexibility index (Phi) is 6.48. The van der Waals surface area contributed by atoms with Crippen molar-refractivity contribution in [2.24, 2.45) is 5.92 Å². The number of nitrogens with one attached hydrogen (secondary N) is 3. The van der Waals surface area contributed by atoms with E-state index >= 15 is 0 Å². The first-order valence-electron chi connectivity index (χ1n) is 6.84. The lowest BCUT2D eigenvalue weighted by Crippen LogP contribution is -2.35. The van der Waals surface area contributed by atoms with Crippen molar-refractivity contribution >= 4 is 21.7 Å². The van der Waals surface area contributed by atoms with E-state index < -0.39 is 10.0 Å². The van der Waals surface area contributed by atoms with Crippen LogP contribution in [0.1, 0.15) is 25.8 Å². The van der Waals surface area contributed by atoms with Crippen LogP contribution >= 0.6 is 0 Å². The maximum absolute atomic E-state index is 11.6. The summed E-state index contributed by atoms with van der Waals surface area (Å²) in [7, 11) is -3.30. The molecule has 0 spiro atoms. The normalized spacial score (nSPS) is 11.2. The summed E-state index contributed by atoms with van der Waals surface area (Å²) in [5.41, 5.74) is 1.31. The van der Waals surface area contributed by atoms with Crippen molar-refractivity contribution in [3.05, 3.63) is 29.8 Å². The van der Waals surface area contributed by atoms with Gasteiger partial charge in [-0.3, -0.25) is 4.72 Å². The number of hydrogen-bond donors (Lipinski definition) is 3. The summed E-state index contributed by atoms with van der Waals surface area (Å²) >= 11 is 0. The van der Waals surface area contributed by atoms with E-state index in [2.05, 4.69) is 29.2 Å². The molecule has 1 aromatic rings. The monoisotopic (exact) mass is 313 g/mol. The summed E-state index contributed by atoms with van der Waals surface area (Å²) in [4.78, 5) is 11.6. The van der Waals surface area contributed by atoms with Gasteiger partial charge in [0.25, 0.3) is 0 Å². The highest BCUT2D eigenvalue weighted by molar-refractivity contribution is 7.92. The van der Waals surface area contributed by atoms with E-state index in [0.29, 0.717) is 24.7 Å². The average molecular weight is 313 g/mol. The van der Waals surface area contributed by atoms with Crippen LogP contribution in [0.3, 0.4) is 0 Å². The van der Waals surface area contributed by atoms with Crippen molar-refractivity contribution in [3.63, 3.8) is 0 Å². The van der Waals surface area contributed by atoms with Gasteiger partial charge >= 0.3 is 6.03 Å². The van der Waals surface area contributed by atoms with Gasteiger partial charge in [-0.05, 0) is 30.0 Å². The van der Waals surface area contributed by atoms with Crippen LogP contribution in [-0.4, -0.2) is 27.2 Å². The molecule has 1 rings (SSSR count). The van der Waals surface area contributed by atoms with Crippen molar-refractivity contribution in [2.45, 2.75) is 26.8 Å². The summed E-state index contributed by atoms with van der Waals surface area (Å²) in [5, 5.41) is 5.51. The molecule has 0 aromatic heterocycles. The molecule has 21 heavy (non-hydrogen) atoms. The predicted octanol–water partition coefficient (Wildman–Crippen LogP) is 1.90. The van der Waals surface area contributed by atoms with E-state index in [0.717, 1.165) is 18.2 Å². The summed E-state index contributed by atoms with van der Waals surface area (Å²) in [6.45, 7) is 5.17. The first-order valence-corrected chi connectivity index (χ1v) is 8.74. The lowest BCUT2D eigenvalue weighted by molar-refractivity contribution is 0.240. The highest BCUT2D eigenvalue weighted by Gasteiger charge is 2.04. The second-order valence-electron chi connectivity index (χ2n) is 5.37. The minimum atomic E-state index is -3.30. The summed E-state index contributed by atoms with van der Waals surface area (Å²) in [6, 6.07) is 6.68. The molecule has 118 valence electrons. The maximum Gasteiger partial charge on any atom is 0.315 e. The molecule has 0 fully saturated rings. The number of benzene rings is 1. The molecule has 1 aromatic carbocycles. The smallest absolute Gasteiger partial charge is 0.315 e. The van der Waals surface area contributed by atoms with E-state index in [1.807, 2.05) is 6.07 Å². The average Bonchev–Trinajstić information content (AvgIpc) is 2.34. The van der Waals surface area contributed by atoms with Gasteiger partial charge in [-0.15, -0.1) is 0 Å². The van der Waals surface area contributed by atoms with Gasteiger partial charge in [0.15, 0.2) is 0 Å². The zero-order valence-corrected chi connectivity index (χ0v) is 13.5. The fourth-order valence-electron chi connectivity index (χ4n) is 1.68. The van der Waals surface area contributed by atoms with Gasteiger partial charge < -0.3 is 10.6 Å². The van der Waals surface area contributed by atoms with Crippen LogP contribution in [-0.2, 0) is 16.6 Å². The number of amides is 2. The molecule has 0 saturated carbocycles. The first-order chi connectivity index (χ1) is 9.76.